The first-order chi connectivity index (χ1) is 14.0. The maximum atomic E-state index is 12.5. The van der Waals surface area contributed by atoms with Crippen LogP contribution >= 0.6 is 0 Å². The lowest BCUT2D eigenvalue weighted by atomic mass is 9.74. The number of amides is 1. The Morgan fingerprint density at radius 1 is 1.10 bits per heavy atom. The second-order valence-electron chi connectivity index (χ2n) is 7.36. The molecule has 0 atom stereocenters. The van der Waals surface area contributed by atoms with E-state index in [4.69, 9.17) is 9.47 Å². The molecule has 1 saturated heterocycles. The number of aryl methyl sites for hydroxylation is 1. The van der Waals surface area contributed by atoms with Crippen LogP contribution in [0.3, 0.4) is 0 Å². The van der Waals surface area contributed by atoms with Gasteiger partial charge in [0.1, 0.15) is 5.75 Å². The highest BCUT2D eigenvalue weighted by Gasteiger charge is 2.34. The van der Waals surface area contributed by atoms with Crippen molar-refractivity contribution in [1.82, 2.24) is 5.32 Å². The van der Waals surface area contributed by atoms with E-state index in [2.05, 4.69) is 17.4 Å². The predicted molar refractivity (Wildman–Crippen MR) is 109 cm³/mol. The number of benzene rings is 2. The first kappa shape index (κ1) is 20.9. The molecular weight excluding hydrogens is 370 g/mol. The Morgan fingerprint density at radius 3 is 2.45 bits per heavy atom. The first-order valence-corrected chi connectivity index (χ1v) is 9.84. The second kappa shape index (κ2) is 9.56. The number of carboxylic acids is 1. The zero-order valence-electron chi connectivity index (χ0n) is 16.6. The summed E-state index contributed by atoms with van der Waals surface area (Å²) in [5.74, 6) is -0.247. The van der Waals surface area contributed by atoms with Crippen molar-refractivity contribution in [2.24, 2.45) is 0 Å². The van der Waals surface area contributed by atoms with Crippen LogP contribution in [0.4, 0.5) is 0 Å². The van der Waals surface area contributed by atoms with Crippen molar-refractivity contribution in [1.29, 1.82) is 0 Å². The van der Waals surface area contributed by atoms with E-state index in [-0.39, 0.29) is 23.3 Å². The van der Waals surface area contributed by atoms with Crippen molar-refractivity contribution in [2.75, 3.05) is 26.9 Å². The fourth-order valence-corrected chi connectivity index (χ4v) is 3.83. The van der Waals surface area contributed by atoms with Gasteiger partial charge in [-0.3, -0.25) is 4.79 Å². The number of carbonyl (C=O) groups is 2. The third kappa shape index (κ3) is 5.15. The zero-order valence-corrected chi connectivity index (χ0v) is 16.6. The third-order valence-corrected chi connectivity index (χ3v) is 5.65. The summed E-state index contributed by atoms with van der Waals surface area (Å²) in [6.45, 7) is 1.85. The normalized spacial score (nSPS) is 15.5. The van der Waals surface area contributed by atoms with E-state index in [1.54, 1.807) is 31.4 Å². The fourth-order valence-electron chi connectivity index (χ4n) is 3.83. The van der Waals surface area contributed by atoms with Crippen LogP contribution in [0.1, 0.15) is 40.7 Å². The Labute approximate surface area is 170 Å². The number of hydrogen-bond donors (Lipinski definition) is 2. The van der Waals surface area contributed by atoms with Gasteiger partial charge in [0.05, 0.1) is 12.7 Å². The lowest BCUT2D eigenvalue weighted by Gasteiger charge is -2.38. The molecular formula is C23H27NO5. The highest BCUT2D eigenvalue weighted by molar-refractivity contribution is 5.89. The van der Waals surface area contributed by atoms with Crippen LogP contribution in [-0.2, 0) is 21.4 Å². The van der Waals surface area contributed by atoms with Crippen molar-refractivity contribution in [3.63, 3.8) is 0 Å². The molecule has 0 bridgehead atoms. The summed E-state index contributed by atoms with van der Waals surface area (Å²) < 4.78 is 10.8. The molecule has 1 heterocycles. The summed E-state index contributed by atoms with van der Waals surface area (Å²) in [6.07, 6.45) is 2.31. The molecule has 0 spiro atoms. The van der Waals surface area contributed by atoms with Crippen LogP contribution in [0.25, 0.3) is 0 Å². The average Bonchev–Trinajstić information content (AvgIpc) is 2.77. The van der Waals surface area contributed by atoms with E-state index in [1.807, 2.05) is 12.1 Å². The topological polar surface area (TPSA) is 84.9 Å². The van der Waals surface area contributed by atoms with Gasteiger partial charge in [0.25, 0.3) is 0 Å². The second-order valence-corrected chi connectivity index (χ2v) is 7.36. The number of methoxy groups -OCH3 is 1. The molecule has 2 aromatic carbocycles. The predicted octanol–water partition coefficient (Wildman–Crippen LogP) is 3.19. The van der Waals surface area contributed by atoms with Gasteiger partial charge in [0.15, 0.2) is 0 Å². The number of ether oxygens (including phenoxy) is 2. The number of nitrogens with one attached hydrogen (secondary N) is 1. The standard InChI is InChI=1S/C23H27NO5/c1-28-19-9-7-18(8-10-19)23(12-14-29-15-13-23)16-24-21(25)11-6-17-4-2-3-5-20(17)22(26)27/h2-5,7-10H,6,11-16H2,1H3,(H,24,25)(H,26,27). The zero-order chi connectivity index (χ0) is 20.7. The molecule has 0 saturated carbocycles. The van der Waals surface area contributed by atoms with Crippen LogP contribution in [-0.4, -0.2) is 43.9 Å². The van der Waals surface area contributed by atoms with Crippen molar-refractivity contribution in [2.45, 2.75) is 31.1 Å². The molecule has 0 aromatic heterocycles. The summed E-state index contributed by atoms with van der Waals surface area (Å²) in [7, 11) is 1.64. The third-order valence-electron chi connectivity index (χ3n) is 5.65. The van der Waals surface area contributed by atoms with Gasteiger partial charge in [-0.1, -0.05) is 30.3 Å². The van der Waals surface area contributed by atoms with Gasteiger partial charge >= 0.3 is 5.97 Å². The summed E-state index contributed by atoms with van der Waals surface area (Å²) in [6, 6.07) is 14.8. The van der Waals surface area contributed by atoms with Gasteiger partial charge in [0.2, 0.25) is 5.91 Å². The molecule has 3 rings (SSSR count). The minimum Gasteiger partial charge on any atom is -0.497 e. The number of carbonyl (C=O) groups excluding carboxylic acids is 1. The SMILES string of the molecule is COc1ccc(C2(CNC(=O)CCc3ccccc3C(=O)O)CCOCC2)cc1. The summed E-state index contributed by atoms with van der Waals surface area (Å²) in [5.41, 5.74) is 1.92. The number of carboxylic acid groups (broad SMARTS) is 1. The number of hydrogen-bond acceptors (Lipinski definition) is 4. The Bertz CT molecular complexity index is 841. The van der Waals surface area contributed by atoms with E-state index in [0.29, 0.717) is 31.7 Å². The molecule has 0 radical (unpaired) electrons. The molecule has 2 aromatic rings. The summed E-state index contributed by atoms with van der Waals surface area (Å²) >= 11 is 0. The Balaban J connectivity index is 1.63. The molecule has 154 valence electrons. The average molecular weight is 397 g/mol. The molecule has 0 unspecified atom stereocenters. The number of aromatic carboxylic acids is 1. The number of rotatable bonds is 8. The van der Waals surface area contributed by atoms with Crippen LogP contribution in [0.5, 0.6) is 5.75 Å². The Kier molecular flexibility index (Phi) is 6.88. The summed E-state index contributed by atoms with van der Waals surface area (Å²) in [4.78, 5) is 23.8. The van der Waals surface area contributed by atoms with Crippen LogP contribution in [0, 0.1) is 0 Å². The molecule has 0 aliphatic carbocycles. The summed E-state index contributed by atoms with van der Waals surface area (Å²) in [5, 5.41) is 12.3. The molecule has 6 heteroatoms. The molecule has 6 nitrogen and oxygen atoms in total. The maximum absolute atomic E-state index is 12.5. The molecule has 2 N–H and O–H groups in total. The lowest BCUT2D eigenvalue weighted by molar-refractivity contribution is -0.121. The molecule has 29 heavy (non-hydrogen) atoms. The van der Waals surface area contributed by atoms with E-state index in [0.717, 1.165) is 24.2 Å². The highest BCUT2D eigenvalue weighted by Crippen LogP contribution is 2.35. The van der Waals surface area contributed by atoms with Crippen LogP contribution in [0.15, 0.2) is 48.5 Å². The lowest BCUT2D eigenvalue weighted by Crippen LogP contribution is -2.44. The molecule has 1 aliphatic rings. The van der Waals surface area contributed by atoms with Crippen molar-refractivity contribution in [3.05, 3.63) is 65.2 Å². The van der Waals surface area contributed by atoms with Crippen LogP contribution in [0.2, 0.25) is 0 Å². The van der Waals surface area contributed by atoms with E-state index >= 15 is 0 Å². The monoisotopic (exact) mass is 397 g/mol. The van der Waals surface area contributed by atoms with Gasteiger partial charge in [-0.2, -0.15) is 0 Å². The van der Waals surface area contributed by atoms with E-state index < -0.39 is 5.97 Å². The van der Waals surface area contributed by atoms with Gasteiger partial charge in [-0.25, -0.2) is 4.79 Å². The molecule has 1 aliphatic heterocycles. The quantitative estimate of drug-likeness (QED) is 0.715. The van der Waals surface area contributed by atoms with E-state index in [1.165, 1.54) is 0 Å². The fraction of sp³-hybridized carbons (Fsp3) is 0.391. The van der Waals surface area contributed by atoms with Gasteiger partial charge in [-0.05, 0) is 48.6 Å². The van der Waals surface area contributed by atoms with Crippen LogP contribution < -0.4 is 10.1 Å². The smallest absolute Gasteiger partial charge is 0.335 e. The highest BCUT2D eigenvalue weighted by atomic mass is 16.5. The largest absolute Gasteiger partial charge is 0.497 e. The Morgan fingerprint density at radius 2 is 1.79 bits per heavy atom. The minimum absolute atomic E-state index is 0.0791. The Hall–Kier alpha value is -2.86. The minimum atomic E-state index is -0.971. The molecule has 1 amide bonds. The van der Waals surface area contributed by atoms with Crippen molar-refractivity contribution < 1.29 is 24.2 Å². The van der Waals surface area contributed by atoms with E-state index in [9.17, 15) is 14.7 Å². The first-order valence-electron chi connectivity index (χ1n) is 9.84. The molecule has 1 fully saturated rings. The van der Waals surface area contributed by atoms with Crippen molar-refractivity contribution in [3.8, 4) is 5.75 Å². The van der Waals surface area contributed by atoms with Gasteiger partial charge in [-0.15, -0.1) is 0 Å². The van der Waals surface area contributed by atoms with Crippen molar-refractivity contribution >= 4 is 11.9 Å². The van der Waals surface area contributed by atoms with Gasteiger partial charge < -0.3 is 19.9 Å². The van der Waals surface area contributed by atoms with Gasteiger partial charge in [0, 0.05) is 31.6 Å². The maximum Gasteiger partial charge on any atom is 0.335 e.